The van der Waals surface area contributed by atoms with Crippen LogP contribution >= 0.6 is 0 Å². The third-order valence-corrected chi connectivity index (χ3v) is 5.22. The lowest BCUT2D eigenvalue weighted by Gasteiger charge is -2.37. The zero-order valence-corrected chi connectivity index (χ0v) is 15.0. The van der Waals surface area contributed by atoms with Crippen LogP contribution in [0.3, 0.4) is 0 Å². The number of benzene rings is 1. The van der Waals surface area contributed by atoms with Gasteiger partial charge in [-0.1, -0.05) is 30.3 Å². The van der Waals surface area contributed by atoms with Crippen LogP contribution in [0.4, 0.5) is 10.7 Å². The summed E-state index contributed by atoms with van der Waals surface area (Å²) in [6.07, 6.45) is 0.875. The van der Waals surface area contributed by atoms with Gasteiger partial charge in [0.05, 0.1) is 12.1 Å². The second kappa shape index (κ2) is 7.34. The van der Waals surface area contributed by atoms with Gasteiger partial charge in [-0.3, -0.25) is 19.8 Å². The minimum atomic E-state index is -0.675. The highest BCUT2D eigenvalue weighted by atomic mass is 16.6. The zero-order valence-electron chi connectivity index (χ0n) is 15.0. The number of nitrogens with zero attached hydrogens (tertiary/aromatic N) is 3. The molecule has 0 N–H and O–H groups in total. The van der Waals surface area contributed by atoms with Crippen molar-refractivity contribution in [1.82, 2.24) is 9.80 Å². The first kappa shape index (κ1) is 18.0. The van der Waals surface area contributed by atoms with Crippen LogP contribution in [0.25, 0.3) is 0 Å². The number of amides is 2. The summed E-state index contributed by atoms with van der Waals surface area (Å²) < 4.78 is 10.3. The van der Waals surface area contributed by atoms with Crippen LogP contribution in [0, 0.1) is 10.1 Å². The molecule has 0 radical (unpaired) electrons. The van der Waals surface area contributed by atoms with E-state index in [1.165, 1.54) is 12.1 Å². The molecule has 3 heterocycles. The largest absolute Gasteiger partial charge is 0.447 e. The summed E-state index contributed by atoms with van der Waals surface area (Å²) >= 11 is 0. The Morgan fingerprint density at radius 3 is 2.46 bits per heavy atom. The van der Waals surface area contributed by atoms with Crippen LogP contribution in [0.1, 0.15) is 35.0 Å². The van der Waals surface area contributed by atoms with Gasteiger partial charge in [0, 0.05) is 19.1 Å². The number of furan rings is 1. The molecule has 4 rings (SSSR count). The minimum Gasteiger partial charge on any atom is -0.447 e. The normalized spacial score (nSPS) is 20.3. The molecule has 9 heteroatoms. The Morgan fingerprint density at radius 2 is 1.82 bits per heavy atom. The summed E-state index contributed by atoms with van der Waals surface area (Å²) in [6.45, 7) is 1.19. The highest BCUT2D eigenvalue weighted by molar-refractivity contribution is 5.91. The number of hydrogen-bond donors (Lipinski definition) is 0. The first-order chi connectivity index (χ1) is 13.5. The molecule has 1 aromatic carbocycles. The lowest BCUT2D eigenvalue weighted by Crippen LogP contribution is -2.47. The second-order valence-corrected chi connectivity index (χ2v) is 6.83. The molecular formula is C19H19N3O6. The van der Waals surface area contributed by atoms with Crippen LogP contribution in [0.15, 0.2) is 46.9 Å². The molecule has 1 unspecified atom stereocenters. The van der Waals surface area contributed by atoms with E-state index in [0.717, 1.165) is 5.56 Å². The molecule has 1 atom stereocenters. The molecule has 28 heavy (non-hydrogen) atoms. The Balaban J connectivity index is 1.42. The molecule has 0 aliphatic carbocycles. The number of carbonyl (C=O) groups excluding carboxylic acids is 2. The molecule has 2 aliphatic heterocycles. The average molecular weight is 385 g/mol. The zero-order chi connectivity index (χ0) is 19.7. The van der Waals surface area contributed by atoms with Gasteiger partial charge in [0.2, 0.25) is 0 Å². The fourth-order valence-electron chi connectivity index (χ4n) is 3.81. The summed E-state index contributed by atoms with van der Waals surface area (Å²) in [4.78, 5) is 38.2. The molecule has 0 bridgehead atoms. The van der Waals surface area contributed by atoms with Crippen LogP contribution in [-0.4, -0.2) is 52.5 Å². The maximum absolute atomic E-state index is 12.5. The van der Waals surface area contributed by atoms with Crippen molar-refractivity contribution in [3.8, 4) is 0 Å². The summed E-state index contributed by atoms with van der Waals surface area (Å²) in [6, 6.07) is 12.1. The molecule has 146 valence electrons. The van der Waals surface area contributed by atoms with Gasteiger partial charge in [0.15, 0.2) is 5.76 Å². The highest BCUT2D eigenvalue weighted by Crippen LogP contribution is 2.33. The van der Waals surface area contributed by atoms with Crippen molar-refractivity contribution >= 4 is 17.9 Å². The van der Waals surface area contributed by atoms with Crippen molar-refractivity contribution in [2.45, 2.75) is 24.9 Å². The molecular weight excluding hydrogens is 366 g/mol. The molecule has 2 saturated heterocycles. The maximum Gasteiger partial charge on any atom is 0.433 e. The first-order valence-electron chi connectivity index (χ1n) is 9.08. The molecule has 2 aliphatic rings. The second-order valence-electron chi connectivity index (χ2n) is 6.83. The van der Waals surface area contributed by atoms with Crippen LogP contribution in [0.5, 0.6) is 0 Å². The van der Waals surface area contributed by atoms with Crippen molar-refractivity contribution in [2.24, 2.45) is 0 Å². The van der Waals surface area contributed by atoms with E-state index in [0.29, 0.717) is 32.5 Å². The maximum atomic E-state index is 12.5. The van der Waals surface area contributed by atoms with Gasteiger partial charge in [-0.2, -0.15) is 0 Å². The lowest BCUT2D eigenvalue weighted by molar-refractivity contribution is -0.402. The van der Waals surface area contributed by atoms with E-state index in [9.17, 15) is 19.7 Å². The van der Waals surface area contributed by atoms with Crippen LogP contribution in [0.2, 0.25) is 0 Å². The average Bonchev–Trinajstić information content (AvgIpc) is 3.35. The van der Waals surface area contributed by atoms with Gasteiger partial charge >= 0.3 is 12.0 Å². The van der Waals surface area contributed by atoms with E-state index < -0.39 is 10.8 Å². The smallest absolute Gasteiger partial charge is 0.433 e. The number of carbonyl (C=O) groups is 2. The lowest BCUT2D eigenvalue weighted by atomic mass is 9.99. The summed E-state index contributed by atoms with van der Waals surface area (Å²) in [5, 5.41) is 10.7. The van der Waals surface area contributed by atoms with Crippen molar-refractivity contribution < 1.29 is 23.7 Å². The van der Waals surface area contributed by atoms with Gasteiger partial charge in [-0.05, 0) is 24.5 Å². The standard InChI is InChI=1S/C19H19N3O6/c23-18(16-6-7-17(28-16)22(25)26)20-10-8-14(9-11-20)21-15(12-27-19(21)24)13-4-2-1-3-5-13/h1-7,14-15H,8-12H2. The molecule has 1 aromatic heterocycles. The van der Waals surface area contributed by atoms with E-state index in [1.54, 1.807) is 9.80 Å². The fraction of sp³-hybridized carbons (Fsp3) is 0.368. The Bertz CT molecular complexity index is 888. The minimum absolute atomic E-state index is 0.0322. The molecule has 0 spiro atoms. The number of nitro groups is 1. The molecule has 2 amide bonds. The van der Waals surface area contributed by atoms with Crippen molar-refractivity contribution in [3.05, 3.63) is 63.9 Å². The monoisotopic (exact) mass is 385 g/mol. The third kappa shape index (κ3) is 3.30. The Morgan fingerprint density at radius 1 is 1.11 bits per heavy atom. The van der Waals surface area contributed by atoms with E-state index in [2.05, 4.69) is 0 Å². The number of ether oxygens (including phenoxy) is 1. The SMILES string of the molecule is O=C(c1ccc([N+](=O)[O-])o1)N1CCC(N2C(=O)OCC2c2ccccc2)CC1. The van der Waals surface area contributed by atoms with Gasteiger partial charge in [0.25, 0.3) is 5.91 Å². The summed E-state index contributed by atoms with van der Waals surface area (Å²) in [5.41, 5.74) is 1.02. The number of rotatable bonds is 4. The van der Waals surface area contributed by atoms with Gasteiger partial charge in [0.1, 0.15) is 11.5 Å². The van der Waals surface area contributed by atoms with E-state index in [4.69, 9.17) is 9.15 Å². The predicted octanol–water partition coefficient (Wildman–Crippen LogP) is 2.99. The topological polar surface area (TPSA) is 106 Å². The first-order valence-corrected chi connectivity index (χ1v) is 9.08. The highest BCUT2D eigenvalue weighted by Gasteiger charge is 2.40. The van der Waals surface area contributed by atoms with Crippen molar-refractivity contribution in [2.75, 3.05) is 19.7 Å². The predicted molar refractivity (Wildman–Crippen MR) is 96.7 cm³/mol. The molecule has 2 fully saturated rings. The van der Waals surface area contributed by atoms with Gasteiger partial charge < -0.3 is 14.1 Å². The molecule has 9 nitrogen and oxygen atoms in total. The van der Waals surface area contributed by atoms with Gasteiger partial charge in [-0.25, -0.2) is 4.79 Å². The van der Waals surface area contributed by atoms with E-state index >= 15 is 0 Å². The van der Waals surface area contributed by atoms with E-state index in [1.807, 2.05) is 30.3 Å². The number of cyclic esters (lactones) is 1. The number of hydrogen-bond acceptors (Lipinski definition) is 6. The van der Waals surface area contributed by atoms with Crippen LogP contribution < -0.4 is 0 Å². The van der Waals surface area contributed by atoms with Crippen molar-refractivity contribution in [3.63, 3.8) is 0 Å². The molecule has 0 saturated carbocycles. The Labute approximate surface area is 160 Å². The van der Waals surface area contributed by atoms with Crippen molar-refractivity contribution in [1.29, 1.82) is 0 Å². The third-order valence-electron chi connectivity index (χ3n) is 5.22. The quantitative estimate of drug-likeness (QED) is 0.592. The number of likely N-dealkylation sites (tertiary alicyclic amines) is 1. The Hall–Kier alpha value is -3.36. The van der Waals surface area contributed by atoms with Gasteiger partial charge in [-0.15, -0.1) is 0 Å². The molecule has 2 aromatic rings. The fourth-order valence-corrected chi connectivity index (χ4v) is 3.81. The number of piperidine rings is 1. The summed E-state index contributed by atoms with van der Waals surface area (Å²) in [5.74, 6) is -0.883. The van der Waals surface area contributed by atoms with Crippen LogP contribution in [-0.2, 0) is 4.74 Å². The summed E-state index contributed by atoms with van der Waals surface area (Å²) in [7, 11) is 0. The Kier molecular flexibility index (Phi) is 4.72. The van der Waals surface area contributed by atoms with E-state index in [-0.39, 0.29) is 29.8 Å².